The molecule has 0 amide bonds. The molecule has 0 radical (unpaired) electrons. The summed E-state index contributed by atoms with van der Waals surface area (Å²) in [5.41, 5.74) is 2.45. The molecule has 1 aromatic carbocycles. The zero-order valence-electron chi connectivity index (χ0n) is 7.88. The van der Waals surface area contributed by atoms with Gasteiger partial charge in [-0.2, -0.15) is 0 Å². The number of benzene rings is 1. The quantitative estimate of drug-likeness (QED) is 0.805. The minimum absolute atomic E-state index is 0.940. The predicted molar refractivity (Wildman–Crippen MR) is 72.3 cm³/mol. The second-order valence-corrected chi connectivity index (χ2v) is 5.37. The number of hydrogen-bond acceptors (Lipinski definition) is 3. The Hall–Kier alpha value is -0.230. The molecule has 14 heavy (non-hydrogen) atoms. The number of aliphatic imine (C=N–C) groups is 1. The maximum Gasteiger partial charge on any atom is 0.161 e. The average molecular weight is 318 g/mol. The number of nitrogens with zero attached hydrogens (tertiary/aromatic N) is 1. The van der Waals surface area contributed by atoms with Crippen molar-refractivity contribution in [3.63, 3.8) is 0 Å². The van der Waals surface area contributed by atoms with E-state index in [0.717, 1.165) is 23.2 Å². The highest BCUT2D eigenvalue weighted by molar-refractivity contribution is 14.1. The number of rotatable bonds is 1. The van der Waals surface area contributed by atoms with E-state index in [0.29, 0.717) is 0 Å². The summed E-state index contributed by atoms with van der Waals surface area (Å²) in [6.45, 7) is 3.06. The summed E-state index contributed by atoms with van der Waals surface area (Å²) in [7, 11) is 0. The van der Waals surface area contributed by atoms with Crippen LogP contribution in [0.15, 0.2) is 23.2 Å². The van der Waals surface area contributed by atoms with Gasteiger partial charge in [-0.15, -0.1) is 0 Å². The van der Waals surface area contributed by atoms with E-state index >= 15 is 0 Å². The van der Waals surface area contributed by atoms with E-state index < -0.39 is 0 Å². The van der Waals surface area contributed by atoms with Crippen LogP contribution in [0.3, 0.4) is 0 Å². The number of halogens is 1. The molecular weight excluding hydrogens is 307 g/mol. The van der Waals surface area contributed by atoms with E-state index in [1.54, 1.807) is 11.8 Å². The average Bonchev–Trinajstić information content (AvgIpc) is 2.64. The number of amidine groups is 1. The second kappa shape index (κ2) is 4.53. The van der Waals surface area contributed by atoms with E-state index in [4.69, 9.17) is 0 Å². The van der Waals surface area contributed by atoms with E-state index in [2.05, 4.69) is 58.0 Å². The molecule has 0 aliphatic carbocycles. The molecule has 1 aliphatic rings. The zero-order valence-corrected chi connectivity index (χ0v) is 10.9. The largest absolute Gasteiger partial charge is 0.335 e. The first-order valence-corrected chi connectivity index (χ1v) is 6.52. The third-order valence-electron chi connectivity index (χ3n) is 2.01. The van der Waals surface area contributed by atoms with Crippen molar-refractivity contribution in [2.24, 2.45) is 4.99 Å². The molecule has 0 saturated heterocycles. The number of hydrogen-bond donors (Lipinski definition) is 1. The molecule has 0 bridgehead atoms. The van der Waals surface area contributed by atoms with E-state index in [-0.39, 0.29) is 0 Å². The Morgan fingerprint density at radius 3 is 3.00 bits per heavy atom. The molecule has 1 heterocycles. The first kappa shape index (κ1) is 10.3. The number of anilines is 1. The van der Waals surface area contributed by atoms with Crippen LogP contribution < -0.4 is 5.32 Å². The predicted octanol–water partition coefficient (Wildman–Crippen LogP) is 3.11. The van der Waals surface area contributed by atoms with Crippen LogP contribution in [0.25, 0.3) is 0 Å². The van der Waals surface area contributed by atoms with Crippen molar-refractivity contribution in [3.8, 4) is 0 Å². The van der Waals surface area contributed by atoms with E-state index in [1.807, 2.05) is 0 Å². The van der Waals surface area contributed by atoms with Crippen LogP contribution >= 0.6 is 34.4 Å². The first-order valence-electron chi connectivity index (χ1n) is 4.46. The molecule has 2 rings (SSSR count). The van der Waals surface area contributed by atoms with Gasteiger partial charge in [-0.25, -0.2) is 0 Å². The van der Waals surface area contributed by atoms with Gasteiger partial charge in [0, 0.05) is 15.0 Å². The molecular formula is C10H11IN2S. The highest BCUT2D eigenvalue weighted by atomic mass is 127. The first-order chi connectivity index (χ1) is 6.75. The summed E-state index contributed by atoms with van der Waals surface area (Å²) < 4.78 is 1.29. The Bertz CT molecular complexity index is 376. The Kier molecular flexibility index (Phi) is 3.33. The van der Waals surface area contributed by atoms with Gasteiger partial charge in [0.1, 0.15) is 0 Å². The lowest BCUT2D eigenvalue weighted by atomic mass is 10.2. The molecule has 0 spiro atoms. The van der Waals surface area contributed by atoms with Crippen LogP contribution in [-0.4, -0.2) is 17.5 Å². The molecule has 1 aliphatic heterocycles. The summed E-state index contributed by atoms with van der Waals surface area (Å²) in [6, 6.07) is 6.38. The summed E-state index contributed by atoms with van der Waals surface area (Å²) in [6.07, 6.45) is 0. The molecule has 0 saturated carbocycles. The van der Waals surface area contributed by atoms with Crippen molar-refractivity contribution in [2.75, 3.05) is 17.6 Å². The summed E-state index contributed by atoms with van der Waals surface area (Å²) >= 11 is 4.13. The topological polar surface area (TPSA) is 24.4 Å². The van der Waals surface area contributed by atoms with Gasteiger partial charge in [-0.1, -0.05) is 17.8 Å². The van der Waals surface area contributed by atoms with Gasteiger partial charge in [0.25, 0.3) is 0 Å². The number of nitrogens with one attached hydrogen (secondary N) is 1. The van der Waals surface area contributed by atoms with E-state index in [1.165, 1.54) is 9.13 Å². The van der Waals surface area contributed by atoms with Crippen molar-refractivity contribution < 1.29 is 0 Å². The monoisotopic (exact) mass is 318 g/mol. The van der Waals surface area contributed by atoms with Gasteiger partial charge < -0.3 is 5.32 Å². The van der Waals surface area contributed by atoms with Gasteiger partial charge >= 0.3 is 0 Å². The fourth-order valence-electron chi connectivity index (χ4n) is 1.20. The van der Waals surface area contributed by atoms with Crippen molar-refractivity contribution >= 4 is 45.2 Å². The van der Waals surface area contributed by atoms with Crippen molar-refractivity contribution in [2.45, 2.75) is 6.92 Å². The second-order valence-electron chi connectivity index (χ2n) is 3.12. The van der Waals surface area contributed by atoms with Gasteiger partial charge in [0.05, 0.1) is 6.54 Å². The lowest BCUT2D eigenvalue weighted by Crippen LogP contribution is -2.04. The van der Waals surface area contributed by atoms with Crippen LogP contribution in [0.2, 0.25) is 0 Å². The van der Waals surface area contributed by atoms with Crippen LogP contribution in [-0.2, 0) is 0 Å². The van der Waals surface area contributed by atoms with Crippen molar-refractivity contribution in [3.05, 3.63) is 27.3 Å². The molecule has 4 heteroatoms. The third kappa shape index (κ3) is 2.42. The fraction of sp³-hybridized carbons (Fsp3) is 0.300. The van der Waals surface area contributed by atoms with Crippen LogP contribution in [0.5, 0.6) is 0 Å². The Labute approximate surface area is 102 Å². The van der Waals surface area contributed by atoms with Gasteiger partial charge in [0.2, 0.25) is 0 Å². The maximum atomic E-state index is 4.35. The molecule has 0 unspecified atom stereocenters. The maximum absolute atomic E-state index is 4.35. The molecule has 0 aromatic heterocycles. The molecule has 1 aromatic rings. The summed E-state index contributed by atoms with van der Waals surface area (Å²) in [5.74, 6) is 1.10. The normalized spacial score (nSPS) is 15.4. The Morgan fingerprint density at radius 2 is 2.36 bits per heavy atom. The smallest absolute Gasteiger partial charge is 0.161 e. The van der Waals surface area contributed by atoms with Crippen LogP contribution in [0.4, 0.5) is 5.69 Å². The fourth-order valence-corrected chi connectivity index (χ4v) is 2.47. The van der Waals surface area contributed by atoms with Crippen molar-refractivity contribution in [1.82, 2.24) is 0 Å². The highest BCUT2D eigenvalue weighted by Gasteiger charge is 2.07. The van der Waals surface area contributed by atoms with Crippen molar-refractivity contribution in [1.29, 1.82) is 0 Å². The minimum atomic E-state index is 0.940. The summed E-state index contributed by atoms with van der Waals surface area (Å²) in [4.78, 5) is 4.35. The summed E-state index contributed by atoms with van der Waals surface area (Å²) in [5, 5.41) is 4.36. The molecule has 2 nitrogen and oxygen atoms in total. The molecule has 0 atom stereocenters. The van der Waals surface area contributed by atoms with Gasteiger partial charge in [-0.05, 0) is 47.2 Å². The van der Waals surface area contributed by atoms with Gasteiger partial charge in [0.15, 0.2) is 5.17 Å². The standard InChI is InChI=1S/C10H11IN2S/c1-7-2-3-8(6-9(7)11)13-10-12-4-5-14-10/h2-3,6H,4-5H2,1H3,(H,12,13). The molecule has 74 valence electrons. The lowest BCUT2D eigenvalue weighted by molar-refractivity contribution is 1.17. The SMILES string of the molecule is Cc1ccc(NC2=NCCS2)cc1I. The van der Waals surface area contributed by atoms with Crippen LogP contribution in [0.1, 0.15) is 5.56 Å². The Morgan fingerprint density at radius 1 is 1.50 bits per heavy atom. The number of aryl methyl sites for hydroxylation is 1. The zero-order chi connectivity index (χ0) is 9.97. The number of thioether (sulfide) groups is 1. The van der Waals surface area contributed by atoms with E-state index in [9.17, 15) is 0 Å². The Balaban J connectivity index is 2.13. The molecule has 0 fully saturated rings. The van der Waals surface area contributed by atoms with Crippen LogP contribution in [0, 0.1) is 10.5 Å². The molecule has 1 N–H and O–H groups in total. The third-order valence-corrected chi connectivity index (χ3v) is 4.06. The highest BCUT2D eigenvalue weighted by Crippen LogP contribution is 2.20. The van der Waals surface area contributed by atoms with Gasteiger partial charge in [-0.3, -0.25) is 4.99 Å². The lowest BCUT2D eigenvalue weighted by Gasteiger charge is -2.06. The minimum Gasteiger partial charge on any atom is -0.335 e.